The molecule has 9 heteroatoms. The summed E-state index contributed by atoms with van der Waals surface area (Å²) < 4.78 is 11.6. The number of hydrogen-bond acceptors (Lipinski definition) is 8. The number of likely N-dealkylation sites (N-methyl/N-ethyl adjacent to an activating group) is 1. The SMILES string of the molecule is CC1=CC(=O)N(Nc2nc(CC3CC3)nc3sc(-c4ccc(OCCN(C)C)cc4)c(C)c23)C2OC12. The first-order valence-corrected chi connectivity index (χ1v) is 13.3. The summed E-state index contributed by atoms with van der Waals surface area (Å²) in [5.41, 5.74) is 6.49. The maximum Gasteiger partial charge on any atom is 0.267 e. The van der Waals surface area contributed by atoms with Gasteiger partial charge >= 0.3 is 0 Å². The van der Waals surface area contributed by atoms with Gasteiger partial charge in [0, 0.05) is 23.9 Å². The molecule has 1 aliphatic carbocycles. The van der Waals surface area contributed by atoms with Crippen molar-refractivity contribution >= 4 is 33.3 Å². The van der Waals surface area contributed by atoms with E-state index in [9.17, 15) is 4.79 Å². The van der Waals surface area contributed by atoms with E-state index in [2.05, 4.69) is 29.4 Å². The molecule has 8 nitrogen and oxygen atoms in total. The molecule has 36 heavy (non-hydrogen) atoms. The Morgan fingerprint density at radius 2 is 1.97 bits per heavy atom. The molecule has 4 heterocycles. The molecule has 1 amide bonds. The summed E-state index contributed by atoms with van der Waals surface area (Å²) in [6.45, 7) is 5.56. The van der Waals surface area contributed by atoms with Gasteiger partial charge in [0.15, 0.2) is 12.0 Å². The molecule has 3 aromatic rings. The van der Waals surface area contributed by atoms with Crippen molar-refractivity contribution in [3.05, 3.63) is 47.3 Å². The van der Waals surface area contributed by atoms with Crippen LogP contribution in [0.1, 0.15) is 31.2 Å². The van der Waals surface area contributed by atoms with Crippen molar-refractivity contribution in [1.29, 1.82) is 0 Å². The molecule has 2 aliphatic heterocycles. The molecule has 2 fully saturated rings. The average Bonchev–Trinajstić information content (AvgIpc) is 3.76. The number of nitrogens with one attached hydrogen (secondary N) is 1. The van der Waals surface area contributed by atoms with Crippen LogP contribution in [0.15, 0.2) is 35.9 Å². The maximum atomic E-state index is 12.8. The standard InChI is InChI=1S/C27H31N5O3S/c1-15-13-21(33)32(27-23(15)35-27)30-25-22-16(2)24(36-26(22)29-20(28-25)14-17-5-6-17)18-7-9-19(10-8-18)34-12-11-31(3)4/h7-10,13,17,23,27H,5-6,11-12,14H2,1-4H3,(H,28,29,30). The fraction of sp³-hybridized carbons (Fsp3) is 0.444. The van der Waals surface area contributed by atoms with Crippen LogP contribution in [0, 0.1) is 12.8 Å². The molecular weight excluding hydrogens is 474 g/mol. The van der Waals surface area contributed by atoms with Crippen LogP contribution in [0.5, 0.6) is 5.75 Å². The van der Waals surface area contributed by atoms with E-state index in [-0.39, 0.29) is 18.2 Å². The lowest BCUT2D eigenvalue weighted by Gasteiger charge is -2.24. The van der Waals surface area contributed by atoms with Gasteiger partial charge in [0.2, 0.25) is 0 Å². The fourth-order valence-electron chi connectivity index (χ4n) is 4.60. The van der Waals surface area contributed by atoms with Gasteiger partial charge in [0.1, 0.15) is 29.1 Å². The summed E-state index contributed by atoms with van der Waals surface area (Å²) in [4.78, 5) is 26.8. The molecule has 6 rings (SSSR count). The van der Waals surface area contributed by atoms with Crippen molar-refractivity contribution in [3.8, 4) is 16.2 Å². The van der Waals surface area contributed by atoms with Gasteiger partial charge in [-0.05, 0) is 87.7 Å². The minimum Gasteiger partial charge on any atom is -0.492 e. The molecule has 0 spiro atoms. The lowest BCUT2D eigenvalue weighted by atomic mass is 10.1. The van der Waals surface area contributed by atoms with Crippen molar-refractivity contribution < 1.29 is 14.3 Å². The Morgan fingerprint density at radius 3 is 2.69 bits per heavy atom. The molecular formula is C27H31N5O3S. The quantitative estimate of drug-likeness (QED) is 0.432. The van der Waals surface area contributed by atoms with Crippen LogP contribution in [0.4, 0.5) is 5.82 Å². The van der Waals surface area contributed by atoms with E-state index < -0.39 is 0 Å². The monoisotopic (exact) mass is 505 g/mol. The molecule has 1 saturated carbocycles. The Labute approximate surface area is 214 Å². The molecule has 1 saturated heterocycles. The zero-order valence-corrected chi connectivity index (χ0v) is 21.9. The Hall–Kier alpha value is -3.01. The smallest absolute Gasteiger partial charge is 0.267 e. The number of amides is 1. The second kappa shape index (κ2) is 9.14. The van der Waals surface area contributed by atoms with E-state index in [1.807, 2.05) is 33.2 Å². The highest BCUT2D eigenvalue weighted by Gasteiger charge is 2.50. The molecule has 1 N–H and O–H groups in total. The number of fused-ring (bicyclic) bond motifs is 2. The lowest BCUT2D eigenvalue weighted by Crippen LogP contribution is -2.41. The Morgan fingerprint density at radius 1 is 1.19 bits per heavy atom. The number of thiophene rings is 1. The van der Waals surface area contributed by atoms with E-state index in [1.165, 1.54) is 12.8 Å². The highest BCUT2D eigenvalue weighted by Crippen LogP contribution is 2.43. The van der Waals surface area contributed by atoms with Gasteiger partial charge < -0.3 is 14.4 Å². The van der Waals surface area contributed by atoms with Crippen LogP contribution in [0.25, 0.3) is 20.7 Å². The number of epoxide rings is 1. The molecule has 2 atom stereocenters. The van der Waals surface area contributed by atoms with Gasteiger partial charge in [-0.15, -0.1) is 11.3 Å². The van der Waals surface area contributed by atoms with E-state index in [0.29, 0.717) is 18.3 Å². The second-order valence-electron chi connectivity index (χ2n) is 10.2. The molecule has 0 radical (unpaired) electrons. The first kappa shape index (κ1) is 23.4. The number of hydrogen-bond donors (Lipinski definition) is 1. The number of rotatable bonds is 9. The second-order valence-corrected chi connectivity index (χ2v) is 11.2. The number of carbonyl (C=O) groups is 1. The molecule has 2 unspecified atom stereocenters. The van der Waals surface area contributed by atoms with Crippen LogP contribution >= 0.6 is 11.3 Å². The van der Waals surface area contributed by atoms with Crippen molar-refractivity contribution in [2.75, 3.05) is 32.7 Å². The zero-order valence-electron chi connectivity index (χ0n) is 21.1. The van der Waals surface area contributed by atoms with Crippen LogP contribution < -0.4 is 10.2 Å². The van der Waals surface area contributed by atoms with Gasteiger partial charge in [0.25, 0.3) is 5.91 Å². The third kappa shape index (κ3) is 4.58. The van der Waals surface area contributed by atoms with Crippen molar-refractivity contribution in [2.24, 2.45) is 5.92 Å². The highest BCUT2D eigenvalue weighted by atomic mass is 32.1. The number of aromatic nitrogens is 2. The lowest BCUT2D eigenvalue weighted by molar-refractivity contribution is -0.126. The number of ether oxygens (including phenoxy) is 2. The minimum atomic E-state index is -0.280. The van der Waals surface area contributed by atoms with E-state index in [4.69, 9.17) is 19.4 Å². The Bertz CT molecular complexity index is 1350. The first-order chi connectivity index (χ1) is 17.4. The number of carbonyl (C=O) groups excluding carboxylic acids is 1. The fourth-order valence-corrected chi connectivity index (χ4v) is 5.80. The van der Waals surface area contributed by atoms with Gasteiger partial charge in [-0.1, -0.05) is 0 Å². The predicted molar refractivity (Wildman–Crippen MR) is 141 cm³/mol. The third-order valence-electron chi connectivity index (χ3n) is 6.91. The topological polar surface area (TPSA) is 83.1 Å². The van der Waals surface area contributed by atoms with Gasteiger partial charge in [-0.25, -0.2) is 15.0 Å². The summed E-state index contributed by atoms with van der Waals surface area (Å²) in [7, 11) is 4.07. The predicted octanol–water partition coefficient (Wildman–Crippen LogP) is 4.40. The summed E-state index contributed by atoms with van der Waals surface area (Å²) in [6, 6.07) is 8.23. The maximum absolute atomic E-state index is 12.8. The number of nitrogens with zero attached hydrogens (tertiary/aromatic N) is 4. The van der Waals surface area contributed by atoms with E-state index in [0.717, 1.165) is 56.3 Å². The summed E-state index contributed by atoms with van der Waals surface area (Å²) >= 11 is 1.67. The molecule has 1 aromatic carbocycles. The number of anilines is 1. The van der Waals surface area contributed by atoms with Gasteiger partial charge in [-0.3, -0.25) is 10.2 Å². The van der Waals surface area contributed by atoms with Crippen LogP contribution in [-0.4, -0.2) is 65.4 Å². The van der Waals surface area contributed by atoms with Crippen LogP contribution in [0.2, 0.25) is 0 Å². The summed E-state index contributed by atoms with van der Waals surface area (Å²) in [6.07, 6.45) is 4.65. The largest absolute Gasteiger partial charge is 0.492 e. The number of benzene rings is 1. The van der Waals surface area contributed by atoms with E-state index in [1.54, 1.807) is 22.4 Å². The minimum absolute atomic E-state index is 0.0314. The van der Waals surface area contributed by atoms with Gasteiger partial charge in [0.05, 0.1) is 5.39 Å². The number of aryl methyl sites for hydroxylation is 1. The van der Waals surface area contributed by atoms with Crippen molar-refractivity contribution in [1.82, 2.24) is 19.9 Å². The van der Waals surface area contributed by atoms with Crippen molar-refractivity contribution in [2.45, 2.75) is 45.4 Å². The van der Waals surface area contributed by atoms with E-state index >= 15 is 0 Å². The number of hydrazine groups is 1. The van der Waals surface area contributed by atoms with Crippen molar-refractivity contribution in [3.63, 3.8) is 0 Å². The molecule has 2 aromatic heterocycles. The summed E-state index contributed by atoms with van der Waals surface area (Å²) in [5.74, 6) is 2.91. The average molecular weight is 506 g/mol. The molecule has 188 valence electrons. The Balaban J connectivity index is 1.33. The highest BCUT2D eigenvalue weighted by molar-refractivity contribution is 7.22. The first-order valence-electron chi connectivity index (χ1n) is 12.5. The van der Waals surface area contributed by atoms with Gasteiger partial charge in [-0.2, -0.15) is 0 Å². The third-order valence-corrected chi connectivity index (χ3v) is 8.15. The zero-order chi connectivity index (χ0) is 25.0. The molecule has 3 aliphatic rings. The normalized spacial score (nSPS) is 21.1. The Kier molecular flexibility index (Phi) is 5.94. The van der Waals surface area contributed by atoms with Crippen LogP contribution in [0.3, 0.4) is 0 Å². The summed E-state index contributed by atoms with van der Waals surface area (Å²) in [5, 5.41) is 2.52. The van der Waals surface area contributed by atoms with Crippen LogP contribution in [-0.2, 0) is 16.0 Å². The molecule has 0 bridgehead atoms.